The number of hydrogen-bond donors (Lipinski definition) is 4. The Morgan fingerprint density at radius 2 is 1.18 bits per heavy atom. The molecular weight excluding hydrogens is 454 g/mol. The van der Waals surface area contributed by atoms with Crippen molar-refractivity contribution in [2.75, 3.05) is 6.54 Å². The summed E-state index contributed by atoms with van der Waals surface area (Å²) in [7, 11) is 0. The number of nitrogens with two attached hydrogens (primary N) is 1. The summed E-state index contributed by atoms with van der Waals surface area (Å²) in [6.45, 7) is 4.71. The SMILES string of the molecule is CCCCCCCCCCCCCCCCCCN[C@H](C)C(=O)N[C@@H](CCC(N)=O)C(=O)O.Cl. The van der Waals surface area contributed by atoms with Crippen molar-refractivity contribution in [2.24, 2.45) is 5.73 Å². The van der Waals surface area contributed by atoms with Crippen molar-refractivity contribution < 1.29 is 19.5 Å². The summed E-state index contributed by atoms with van der Waals surface area (Å²) in [5, 5.41) is 14.8. The zero-order valence-electron chi connectivity index (χ0n) is 21.7. The highest BCUT2D eigenvalue weighted by atomic mass is 35.5. The summed E-state index contributed by atoms with van der Waals surface area (Å²) in [6.07, 6.45) is 21.1. The van der Waals surface area contributed by atoms with Crippen LogP contribution in [0.5, 0.6) is 0 Å². The van der Waals surface area contributed by atoms with Crippen LogP contribution in [0.25, 0.3) is 0 Å². The highest BCUT2D eigenvalue weighted by Gasteiger charge is 2.23. The lowest BCUT2D eigenvalue weighted by atomic mass is 10.0. The Labute approximate surface area is 214 Å². The van der Waals surface area contributed by atoms with Gasteiger partial charge in [0.2, 0.25) is 11.8 Å². The summed E-state index contributed by atoms with van der Waals surface area (Å²) in [4.78, 5) is 34.2. The number of primary amides is 1. The molecule has 0 aliphatic carbocycles. The molecule has 0 aliphatic rings. The lowest BCUT2D eigenvalue weighted by Crippen LogP contribution is -2.49. The maximum atomic E-state index is 12.2. The van der Waals surface area contributed by atoms with Gasteiger partial charge >= 0.3 is 5.97 Å². The number of carbonyl (C=O) groups is 3. The molecule has 0 spiro atoms. The summed E-state index contributed by atoms with van der Waals surface area (Å²) >= 11 is 0. The molecule has 7 nitrogen and oxygen atoms in total. The Balaban J connectivity index is 0. The van der Waals surface area contributed by atoms with E-state index in [1.165, 1.54) is 89.9 Å². The minimum Gasteiger partial charge on any atom is -0.480 e. The molecule has 0 aromatic rings. The molecule has 0 fully saturated rings. The highest BCUT2D eigenvalue weighted by molar-refractivity contribution is 5.87. The number of hydrogen-bond acceptors (Lipinski definition) is 4. The molecule has 0 aromatic heterocycles. The molecule has 34 heavy (non-hydrogen) atoms. The lowest BCUT2D eigenvalue weighted by molar-refractivity contribution is -0.142. The summed E-state index contributed by atoms with van der Waals surface area (Å²) in [6, 6.07) is -1.57. The second-order valence-corrected chi connectivity index (χ2v) is 9.38. The van der Waals surface area contributed by atoms with Gasteiger partial charge in [-0.15, -0.1) is 12.4 Å². The zero-order valence-corrected chi connectivity index (χ0v) is 22.6. The van der Waals surface area contributed by atoms with Gasteiger partial charge in [0.05, 0.1) is 6.04 Å². The number of rotatable bonds is 24. The molecule has 0 rings (SSSR count). The summed E-state index contributed by atoms with van der Waals surface area (Å²) < 4.78 is 0. The zero-order chi connectivity index (χ0) is 24.7. The first-order chi connectivity index (χ1) is 15.9. The van der Waals surface area contributed by atoms with Gasteiger partial charge < -0.3 is 21.5 Å². The lowest BCUT2D eigenvalue weighted by Gasteiger charge is -2.18. The molecule has 2 atom stereocenters. The van der Waals surface area contributed by atoms with E-state index in [0.717, 1.165) is 19.4 Å². The highest BCUT2D eigenvalue weighted by Crippen LogP contribution is 2.13. The van der Waals surface area contributed by atoms with Crippen LogP contribution < -0.4 is 16.4 Å². The predicted octanol–water partition coefficient (Wildman–Crippen LogP) is 5.48. The van der Waals surface area contributed by atoms with Crippen molar-refractivity contribution in [3.8, 4) is 0 Å². The third kappa shape index (κ3) is 22.5. The van der Waals surface area contributed by atoms with E-state index in [0.29, 0.717) is 0 Å². The molecule has 0 saturated carbocycles. The predicted molar refractivity (Wildman–Crippen MR) is 142 cm³/mol. The monoisotopic (exact) mass is 505 g/mol. The molecule has 0 aromatic carbocycles. The Morgan fingerprint density at radius 1 is 0.765 bits per heavy atom. The van der Waals surface area contributed by atoms with Crippen LogP contribution in [0, 0.1) is 0 Å². The van der Waals surface area contributed by atoms with E-state index in [4.69, 9.17) is 10.8 Å². The fourth-order valence-corrected chi connectivity index (χ4v) is 3.93. The number of nitrogens with one attached hydrogen (secondary N) is 2. The Morgan fingerprint density at radius 3 is 1.56 bits per heavy atom. The summed E-state index contributed by atoms with van der Waals surface area (Å²) in [5.74, 6) is -2.11. The van der Waals surface area contributed by atoms with Crippen LogP contribution in [0.15, 0.2) is 0 Å². The van der Waals surface area contributed by atoms with Crippen molar-refractivity contribution in [3.05, 3.63) is 0 Å². The van der Waals surface area contributed by atoms with Crippen LogP contribution in [-0.4, -0.2) is 41.5 Å². The van der Waals surface area contributed by atoms with Gasteiger partial charge in [0.25, 0.3) is 0 Å². The van der Waals surface area contributed by atoms with Gasteiger partial charge in [0.1, 0.15) is 6.04 Å². The topological polar surface area (TPSA) is 122 Å². The van der Waals surface area contributed by atoms with Gasteiger partial charge in [0.15, 0.2) is 0 Å². The molecular formula is C26H52ClN3O4. The van der Waals surface area contributed by atoms with E-state index in [1.807, 2.05) is 0 Å². The smallest absolute Gasteiger partial charge is 0.326 e. The molecule has 0 saturated heterocycles. The Bertz CT molecular complexity index is 520. The van der Waals surface area contributed by atoms with Crippen molar-refractivity contribution >= 4 is 30.2 Å². The molecule has 0 bridgehead atoms. The maximum Gasteiger partial charge on any atom is 0.326 e. The van der Waals surface area contributed by atoms with Gasteiger partial charge in [-0.3, -0.25) is 9.59 Å². The average molecular weight is 506 g/mol. The molecule has 2 amide bonds. The van der Waals surface area contributed by atoms with E-state index in [1.54, 1.807) is 6.92 Å². The molecule has 0 radical (unpaired) electrons. The van der Waals surface area contributed by atoms with Gasteiger partial charge in [-0.1, -0.05) is 103 Å². The van der Waals surface area contributed by atoms with Crippen LogP contribution in [0.1, 0.15) is 129 Å². The maximum absolute atomic E-state index is 12.2. The van der Waals surface area contributed by atoms with E-state index in [2.05, 4.69) is 17.6 Å². The minimum absolute atomic E-state index is 0. The van der Waals surface area contributed by atoms with E-state index >= 15 is 0 Å². The number of halogens is 1. The summed E-state index contributed by atoms with van der Waals surface area (Å²) in [5.41, 5.74) is 5.05. The van der Waals surface area contributed by atoms with Crippen LogP contribution in [0.2, 0.25) is 0 Å². The normalized spacial score (nSPS) is 12.5. The van der Waals surface area contributed by atoms with Crippen LogP contribution in [-0.2, 0) is 14.4 Å². The quantitative estimate of drug-likeness (QED) is 0.129. The standard InChI is InChI=1S/C26H51N3O4.ClH/c1-3-4-5-6-7-8-9-10-11-12-13-14-15-16-17-18-21-28-22(2)25(31)29-23(26(32)33)19-20-24(27)30;/h22-23,28H,3-21H2,1-2H3,(H2,27,30)(H,29,31)(H,32,33);1H/t22-,23+;/m1./s1. The van der Waals surface area contributed by atoms with Crippen molar-refractivity contribution in [2.45, 2.75) is 142 Å². The molecule has 0 unspecified atom stereocenters. The van der Waals surface area contributed by atoms with Crippen LogP contribution in [0.3, 0.4) is 0 Å². The van der Waals surface area contributed by atoms with Gasteiger partial charge in [0, 0.05) is 6.42 Å². The number of carboxylic acid groups (broad SMARTS) is 1. The second kappa shape index (κ2) is 24.8. The fourth-order valence-electron chi connectivity index (χ4n) is 3.93. The first kappa shape index (κ1) is 34.8. The number of aliphatic carboxylic acids is 1. The van der Waals surface area contributed by atoms with Crippen molar-refractivity contribution in [1.29, 1.82) is 0 Å². The van der Waals surface area contributed by atoms with Crippen molar-refractivity contribution in [1.82, 2.24) is 10.6 Å². The van der Waals surface area contributed by atoms with E-state index < -0.39 is 24.0 Å². The molecule has 8 heteroatoms. The molecule has 0 aliphatic heterocycles. The first-order valence-electron chi connectivity index (χ1n) is 13.4. The third-order valence-electron chi connectivity index (χ3n) is 6.17. The molecule has 5 N–H and O–H groups in total. The number of carbonyl (C=O) groups excluding carboxylic acids is 2. The Hall–Kier alpha value is -1.34. The fraction of sp³-hybridized carbons (Fsp3) is 0.885. The number of carboxylic acids is 1. The first-order valence-corrected chi connectivity index (χ1v) is 13.4. The van der Waals surface area contributed by atoms with Gasteiger partial charge in [-0.25, -0.2) is 4.79 Å². The van der Waals surface area contributed by atoms with Crippen LogP contribution in [0.4, 0.5) is 0 Å². The average Bonchev–Trinajstić information content (AvgIpc) is 2.77. The minimum atomic E-state index is -1.16. The van der Waals surface area contributed by atoms with Crippen LogP contribution >= 0.6 is 12.4 Å². The molecule has 202 valence electrons. The van der Waals surface area contributed by atoms with E-state index in [-0.39, 0.29) is 31.2 Å². The Kier molecular flexibility index (Phi) is 25.4. The van der Waals surface area contributed by atoms with Gasteiger partial charge in [-0.05, 0) is 26.3 Å². The van der Waals surface area contributed by atoms with Crippen molar-refractivity contribution in [3.63, 3.8) is 0 Å². The second-order valence-electron chi connectivity index (χ2n) is 9.38. The molecule has 0 heterocycles. The third-order valence-corrected chi connectivity index (χ3v) is 6.17. The largest absolute Gasteiger partial charge is 0.480 e. The van der Waals surface area contributed by atoms with E-state index in [9.17, 15) is 14.4 Å². The number of unbranched alkanes of at least 4 members (excludes halogenated alkanes) is 15. The van der Waals surface area contributed by atoms with Gasteiger partial charge in [-0.2, -0.15) is 0 Å². The number of amides is 2.